The Morgan fingerprint density at radius 3 is 2.67 bits per heavy atom. The highest BCUT2D eigenvalue weighted by Gasteiger charge is 2.14. The Labute approximate surface area is 112 Å². The molecule has 0 spiro atoms. The summed E-state index contributed by atoms with van der Waals surface area (Å²) in [6.45, 7) is 19.5. The molecule has 0 atom stereocenters. The van der Waals surface area contributed by atoms with Crippen LogP contribution in [0.25, 0.3) is 0 Å². The molecule has 0 saturated carbocycles. The second kappa shape index (κ2) is 7.10. The van der Waals surface area contributed by atoms with Crippen LogP contribution in [0, 0.1) is 0 Å². The third kappa shape index (κ3) is 4.10. The largest absolute Gasteiger partial charge is 0.375 e. The molecule has 1 aliphatic rings. The van der Waals surface area contributed by atoms with Crippen molar-refractivity contribution in [1.82, 2.24) is 9.80 Å². The molecule has 0 aliphatic carbocycles. The molecule has 1 heterocycles. The van der Waals surface area contributed by atoms with Crippen LogP contribution in [0.5, 0.6) is 0 Å². The monoisotopic (exact) mass is 246 g/mol. The van der Waals surface area contributed by atoms with Gasteiger partial charge in [-0.2, -0.15) is 0 Å². The maximum atomic E-state index is 4.10. The number of hydrogen-bond donors (Lipinski definition) is 0. The predicted molar refractivity (Wildman–Crippen MR) is 80.0 cm³/mol. The second-order valence-electron chi connectivity index (χ2n) is 4.89. The number of likely N-dealkylation sites (tertiary alicyclic amines) is 1. The first kappa shape index (κ1) is 14.6. The highest BCUT2D eigenvalue weighted by molar-refractivity contribution is 5.17. The molecule has 2 nitrogen and oxygen atoms in total. The van der Waals surface area contributed by atoms with Crippen molar-refractivity contribution in [2.75, 3.05) is 19.6 Å². The van der Waals surface area contributed by atoms with Gasteiger partial charge in [-0.05, 0) is 39.2 Å². The highest BCUT2D eigenvalue weighted by Crippen LogP contribution is 2.19. The summed E-state index contributed by atoms with van der Waals surface area (Å²) in [5.74, 6) is 0. The molecular weight excluding hydrogens is 220 g/mol. The first-order valence-electron chi connectivity index (χ1n) is 6.73. The van der Waals surface area contributed by atoms with E-state index in [2.05, 4.69) is 29.5 Å². The van der Waals surface area contributed by atoms with E-state index in [1.807, 2.05) is 26.0 Å². The molecule has 0 aromatic heterocycles. The van der Waals surface area contributed by atoms with E-state index in [1.54, 1.807) is 0 Å². The summed E-state index contributed by atoms with van der Waals surface area (Å²) in [4.78, 5) is 4.58. The molecule has 0 unspecified atom stereocenters. The first-order valence-corrected chi connectivity index (χ1v) is 6.73. The Kier molecular flexibility index (Phi) is 5.76. The lowest BCUT2D eigenvalue weighted by molar-refractivity contribution is 0.347. The Morgan fingerprint density at radius 2 is 2.17 bits per heavy atom. The summed E-state index contributed by atoms with van der Waals surface area (Å²) < 4.78 is 0. The van der Waals surface area contributed by atoms with Gasteiger partial charge in [-0.3, -0.25) is 0 Å². The van der Waals surface area contributed by atoms with Gasteiger partial charge in [-0.25, -0.2) is 0 Å². The van der Waals surface area contributed by atoms with Crippen molar-refractivity contribution in [2.24, 2.45) is 0 Å². The molecule has 0 radical (unpaired) electrons. The van der Waals surface area contributed by atoms with E-state index in [4.69, 9.17) is 0 Å². The number of allylic oxidation sites excluding steroid dienone is 4. The fourth-order valence-electron chi connectivity index (χ4n) is 2.34. The zero-order valence-electron chi connectivity index (χ0n) is 11.9. The Balaban J connectivity index is 2.40. The summed E-state index contributed by atoms with van der Waals surface area (Å²) >= 11 is 0. The van der Waals surface area contributed by atoms with E-state index in [0.29, 0.717) is 0 Å². The molecule has 1 aliphatic heterocycles. The van der Waals surface area contributed by atoms with Gasteiger partial charge in [0.05, 0.1) is 0 Å². The zero-order chi connectivity index (χ0) is 13.5. The van der Waals surface area contributed by atoms with Crippen molar-refractivity contribution in [3.8, 4) is 0 Å². The van der Waals surface area contributed by atoms with Gasteiger partial charge in [0.25, 0.3) is 0 Å². The molecular formula is C16H26N2. The standard InChI is InChI=1S/C16H26N2/c1-6-9-16(5)18(14(2)3)13-8-12-17-11-7-10-15(17)4/h6,9H,2,4-5,7-8,10-13H2,1,3H3/b9-6-. The second-order valence-corrected chi connectivity index (χ2v) is 4.89. The average Bonchev–Trinajstić information content (AvgIpc) is 2.70. The lowest BCUT2D eigenvalue weighted by Gasteiger charge is -2.27. The SMILES string of the molecule is C=C1CCCN1CCCN(C(=C)C)C(=C)/C=C\C. The van der Waals surface area contributed by atoms with Gasteiger partial charge < -0.3 is 9.80 Å². The summed E-state index contributed by atoms with van der Waals surface area (Å²) in [5.41, 5.74) is 3.37. The number of hydrogen-bond acceptors (Lipinski definition) is 2. The van der Waals surface area contributed by atoms with Crippen LogP contribution in [0.3, 0.4) is 0 Å². The maximum absolute atomic E-state index is 4.10. The summed E-state index contributed by atoms with van der Waals surface area (Å²) in [6, 6.07) is 0. The van der Waals surface area contributed by atoms with Crippen LogP contribution in [-0.2, 0) is 0 Å². The lowest BCUT2D eigenvalue weighted by atomic mass is 10.2. The van der Waals surface area contributed by atoms with E-state index in [-0.39, 0.29) is 0 Å². The van der Waals surface area contributed by atoms with Crippen molar-refractivity contribution in [2.45, 2.75) is 33.1 Å². The fourth-order valence-corrected chi connectivity index (χ4v) is 2.34. The van der Waals surface area contributed by atoms with Crippen molar-refractivity contribution in [3.63, 3.8) is 0 Å². The lowest BCUT2D eigenvalue weighted by Crippen LogP contribution is -2.25. The van der Waals surface area contributed by atoms with Crippen LogP contribution in [-0.4, -0.2) is 29.4 Å². The number of nitrogens with zero attached hydrogens (tertiary/aromatic N) is 2. The van der Waals surface area contributed by atoms with Crippen LogP contribution in [0.2, 0.25) is 0 Å². The van der Waals surface area contributed by atoms with Gasteiger partial charge in [-0.15, -0.1) is 0 Å². The van der Waals surface area contributed by atoms with E-state index in [1.165, 1.54) is 18.7 Å². The van der Waals surface area contributed by atoms with Crippen molar-refractivity contribution < 1.29 is 0 Å². The van der Waals surface area contributed by atoms with Crippen LogP contribution in [0.1, 0.15) is 33.1 Å². The van der Waals surface area contributed by atoms with Crippen LogP contribution in [0.4, 0.5) is 0 Å². The maximum Gasteiger partial charge on any atom is 0.0331 e. The molecule has 0 N–H and O–H groups in total. The van der Waals surface area contributed by atoms with Crippen LogP contribution >= 0.6 is 0 Å². The minimum absolute atomic E-state index is 0.974. The molecule has 18 heavy (non-hydrogen) atoms. The summed E-state index contributed by atoms with van der Waals surface area (Å²) in [6.07, 6.45) is 7.58. The molecule has 0 bridgehead atoms. The zero-order valence-corrected chi connectivity index (χ0v) is 11.9. The summed E-state index contributed by atoms with van der Waals surface area (Å²) in [7, 11) is 0. The third-order valence-corrected chi connectivity index (χ3v) is 3.32. The molecule has 0 aromatic rings. The van der Waals surface area contributed by atoms with Crippen LogP contribution in [0.15, 0.2) is 49.0 Å². The summed E-state index contributed by atoms with van der Waals surface area (Å²) in [5, 5.41) is 0. The predicted octanol–water partition coefficient (Wildman–Crippen LogP) is 3.91. The van der Waals surface area contributed by atoms with Crippen LogP contribution < -0.4 is 0 Å². The van der Waals surface area contributed by atoms with Gasteiger partial charge >= 0.3 is 0 Å². The Bertz CT molecular complexity index is 352. The third-order valence-electron chi connectivity index (χ3n) is 3.32. The fraction of sp³-hybridized carbons (Fsp3) is 0.500. The van der Waals surface area contributed by atoms with Gasteiger partial charge in [0.2, 0.25) is 0 Å². The van der Waals surface area contributed by atoms with E-state index < -0.39 is 0 Å². The van der Waals surface area contributed by atoms with Gasteiger partial charge in [-0.1, -0.05) is 25.8 Å². The molecule has 1 rings (SSSR count). The van der Waals surface area contributed by atoms with Crippen molar-refractivity contribution in [3.05, 3.63) is 49.0 Å². The average molecular weight is 246 g/mol. The minimum Gasteiger partial charge on any atom is -0.375 e. The van der Waals surface area contributed by atoms with Gasteiger partial charge in [0.1, 0.15) is 0 Å². The van der Waals surface area contributed by atoms with Gasteiger partial charge in [0.15, 0.2) is 0 Å². The number of rotatable bonds is 7. The van der Waals surface area contributed by atoms with E-state index >= 15 is 0 Å². The van der Waals surface area contributed by atoms with Gasteiger partial charge in [0, 0.05) is 36.7 Å². The highest BCUT2D eigenvalue weighted by atomic mass is 15.2. The first-order chi connectivity index (χ1) is 8.56. The van der Waals surface area contributed by atoms with Crippen molar-refractivity contribution >= 4 is 0 Å². The molecule has 2 heteroatoms. The van der Waals surface area contributed by atoms with E-state index in [9.17, 15) is 0 Å². The Morgan fingerprint density at radius 1 is 1.44 bits per heavy atom. The van der Waals surface area contributed by atoms with Crippen molar-refractivity contribution in [1.29, 1.82) is 0 Å². The molecule has 0 amide bonds. The molecule has 100 valence electrons. The Hall–Kier alpha value is -1.44. The minimum atomic E-state index is 0.974. The quantitative estimate of drug-likeness (QED) is 0.628. The van der Waals surface area contributed by atoms with E-state index in [0.717, 1.165) is 37.3 Å². The molecule has 0 aromatic carbocycles. The topological polar surface area (TPSA) is 6.48 Å². The molecule has 1 saturated heterocycles. The smallest absolute Gasteiger partial charge is 0.0331 e. The molecule has 1 fully saturated rings. The normalized spacial score (nSPS) is 15.4.